The number of alkyl carbamates (subject to hydrolysis) is 1. The molecule has 0 aromatic heterocycles. The quantitative estimate of drug-likeness (QED) is 0.605. The normalized spacial score (nSPS) is 12.3. The summed E-state index contributed by atoms with van der Waals surface area (Å²) in [6, 6.07) is 0. The third kappa shape index (κ3) is 5.43. The van der Waals surface area contributed by atoms with Crippen LogP contribution >= 0.6 is 11.6 Å². The van der Waals surface area contributed by atoms with Gasteiger partial charge in [-0.15, -0.1) is 0 Å². The molecule has 0 saturated heterocycles. The Kier molecular flexibility index (Phi) is 4.22. The van der Waals surface area contributed by atoms with Crippen LogP contribution in [-0.4, -0.2) is 18.2 Å². The summed E-state index contributed by atoms with van der Waals surface area (Å²) in [5, 5.41) is 2.43. The van der Waals surface area contributed by atoms with Gasteiger partial charge in [0.15, 0.2) is 5.56 Å². The number of hydrogen-bond donors (Lipinski definition) is 1. The van der Waals surface area contributed by atoms with Crippen LogP contribution in [-0.2, 0) is 4.74 Å². The zero-order chi connectivity index (χ0) is 7.28. The van der Waals surface area contributed by atoms with Gasteiger partial charge in [-0.25, -0.2) is 4.79 Å². The molecule has 0 aliphatic heterocycles. The SMILES string of the molecule is CCNC(=O)OC(C)Cl. The highest BCUT2D eigenvalue weighted by Crippen LogP contribution is 1.94. The van der Waals surface area contributed by atoms with Gasteiger partial charge < -0.3 is 10.1 Å². The summed E-state index contributed by atoms with van der Waals surface area (Å²) in [5.41, 5.74) is -0.559. The monoisotopic (exact) mass is 151 g/mol. The van der Waals surface area contributed by atoms with E-state index in [9.17, 15) is 4.79 Å². The zero-order valence-corrected chi connectivity index (χ0v) is 6.23. The van der Waals surface area contributed by atoms with Gasteiger partial charge in [0.05, 0.1) is 0 Å². The molecule has 54 valence electrons. The van der Waals surface area contributed by atoms with Crippen molar-refractivity contribution in [1.82, 2.24) is 5.32 Å². The number of carbonyl (C=O) groups excluding carboxylic acids is 1. The minimum atomic E-state index is -0.559. The Bertz CT molecular complexity index is 95.0. The average Bonchev–Trinajstić information content (AvgIpc) is 1.63. The van der Waals surface area contributed by atoms with Crippen molar-refractivity contribution in [3.8, 4) is 0 Å². The van der Waals surface area contributed by atoms with Crippen LogP contribution < -0.4 is 5.32 Å². The fourth-order valence-corrected chi connectivity index (χ4v) is 0.414. The standard InChI is InChI=1S/C5H10ClNO2/c1-3-7-5(8)9-4(2)6/h4H,3H2,1-2H3,(H,7,8). The van der Waals surface area contributed by atoms with Gasteiger partial charge in [0.1, 0.15) is 0 Å². The minimum absolute atomic E-state index is 0.472. The molecule has 0 aromatic rings. The van der Waals surface area contributed by atoms with E-state index in [1.54, 1.807) is 13.8 Å². The molecule has 1 atom stereocenters. The van der Waals surface area contributed by atoms with E-state index in [1.807, 2.05) is 0 Å². The molecule has 0 saturated carbocycles. The molecule has 0 spiro atoms. The number of amides is 1. The second-order valence-corrected chi connectivity index (χ2v) is 2.09. The van der Waals surface area contributed by atoms with Crippen molar-refractivity contribution in [3.63, 3.8) is 0 Å². The number of rotatable bonds is 2. The molecule has 0 aliphatic carbocycles. The number of halogens is 1. The van der Waals surface area contributed by atoms with Crippen molar-refractivity contribution in [1.29, 1.82) is 0 Å². The highest BCUT2D eigenvalue weighted by atomic mass is 35.5. The number of ether oxygens (including phenoxy) is 1. The lowest BCUT2D eigenvalue weighted by Crippen LogP contribution is -2.25. The molecule has 0 radical (unpaired) electrons. The van der Waals surface area contributed by atoms with E-state index in [4.69, 9.17) is 11.6 Å². The Morgan fingerprint density at radius 1 is 1.89 bits per heavy atom. The predicted molar refractivity (Wildman–Crippen MR) is 35.5 cm³/mol. The summed E-state index contributed by atoms with van der Waals surface area (Å²) >= 11 is 5.33. The summed E-state index contributed by atoms with van der Waals surface area (Å²) in [4.78, 5) is 10.4. The van der Waals surface area contributed by atoms with Crippen molar-refractivity contribution in [2.45, 2.75) is 19.4 Å². The Morgan fingerprint density at radius 2 is 2.44 bits per heavy atom. The predicted octanol–water partition coefficient (Wildman–Crippen LogP) is 1.32. The average molecular weight is 152 g/mol. The Morgan fingerprint density at radius 3 is 2.78 bits per heavy atom. The first-order valence-electron chi connectivity index (χ1n) is 2.75. The molecule has 1 unspecified atom stereocenters. The van der Waals surface area contributed by atoms with Crippen LogP contribution in [0.2, 0.25) is 0 Å². The summed E-state index contributed by atoms with van der Waals surface area (Å²) < 4.78 is 4.51. The molecule has 0 aliphatic rings. The molecule has 3 nitrogen and oxygen atoms in total. The third-order valence-corrected chi connectivity index (χ3v) is 0.680. The summed E-state index contributed by atoms with van der Waals surface area (Å²) in [6.45, 7) is 3.94. The van der Waals surface area contributed by atoms with Crippen LogP contribution in [0.1, 0.15) is 13.8 Å². The molecule has 4 heteroatoms. The van der Waals surface area contributed by atoms with Gasteiger partial charge in [-0.05, 0) is 13.8 Å². The van der Waals surface area contributed by atoms with Crippen LogP contribution in [0, 0.1) is 0 Å². The number of carbonyl (C=O) groups is 1. The van der Waals surface area contributed by atoms with Gasteiger partial charge in [0.2, 0.25) is 0 Å². The van der Waals surface area contributed by atoms with Gasteiger partial charge >= 0.3 is 6.09 Å². The summed E-state index contributed by atoms with van der Waals surface area (Å²) in [6.07, 6.45) is -0.472. The van der Waals surface area contributed by atoms with Gasteiger partial charge in [0.25, 0.3) is 0 Å². The highest BCUT2D eigenvalue weighted by Gasteiger charge is 2.01. The summed E-state index contributed by atoms with van der Waals surface area (Å²) in [5.74, 6) is 0. The molecule has 1 N–H and O–H groups in total. The van der Waals surface area contributed by atoms with Crippen LogP contribution in [0.4, 0.5) is 4.79 Å². The second kappa shape index (κ2) is 4.44. The molecule has 9 heavy (non-hydrogen) atoms. The Labute approximate surface area is 59.3 Å². The largest absolute Gasteiger partial charge is 0.430 e. The van der Waals surface area contributed by atoms with E-state index in [0.29, 0.717) is 6.54 Å². The highest BCUT2D eigenvalue weighted by molar-refractivity contribution is 6.19. The number of hydrogen-bond acceptors (Lipinski definition) is 2. The van der Waals surface area contributed by atoms with Gasteiger partial charge in [-0.1, -0.05) is 11.6 Å². The molecule has 1 amide bonds. The maximum absolute atomic E-state index is 10.4. The fraction of sp³-hybridized carbons (Fsp3) is 0.800. The van der Waals surface area contributed by atoms with Gasteiger partial charge in [0, 0.05) is 6.54 Å². The van der Waals surface area contributed by atoms with E-state index in [2.05, 4.69) is 10.1 Å². The second-order valence-electron chi connectivity index (χ2n) is 1.48. The number of nitrogens with one attached hydrogen (secondary N) is 1. The van der Waals surface area contributed by atoms with Gasteiger partial charge in [-0.2, -0.15) is 0 Å². The van der Waals surface area contributed by atoms with E-state index in [-0.39, 0.29) is 0 Å². The van der Waals surface area contributed by atoms with Gasteiger partial charge in [-0.3, -0.25) is 0 Å². The van der Waals surface area contributed by atoms with Crippen LogP contribution in [0.15, 0.2) is 0 Å². The first kappa shape index (κ1) is 8.56. The molecular weight excluding hydrogens is 142 g/mol. The van der Waals surface area contributed by atoms with E-state index >= 15 is 0 Å². The van der Waals surface area contributed by atoms with E-state index in [1.165, 1.54) is 0 Å². The van der Waals surface area contributed by atoms with Crippen molar-refractivity contribution >= 4 is 17.7 Å². The lowest BCUT2D eigenvalue weighted by atomic mass is 10.7. The minimum Gasteiger partial charge on any atom is -0.430 e. The van der Waals surface area contributed by atoms with Crippen LogP contribution in [0.5, 0.6) is 0 Å². The lowest BCUT2D eigenvalue weighted by molar-refractivity contribution is 0.139. The molecule has 0 fully saturated rings. The van der Waals surface area contributed by atoms with Crippen molar-refractivity contribution < 1.29 is 9.53 Å². The van der Waals surface area contributed by atoms with Crippen molar-refractivity contribution in [2.24, 2.45) is 0 Å². The first-order valence-corrected chi connectivity index (χ1v) is 3.19. The van der Waals surface area contributed by atoms with Crippen molar-refractivity contribution in [2.75, 3.05) is 6.54 Å². The Balaban J connectivity index is 3.27. The van der Waals surface area contributed by atoms with Crippen molar-refractivity contribution in [3.05, 3.63) is 0 Å². The first-order chi connectivity index (χ1) is 4.16. The van der Waals surface area contributed by atoms with Crippen LogP contribution in [0.3, 0.4) is 0 Å². The van der Waals surface area contributed by atoms with E-state index in [0.717, 1.165) is 0 Å². The van der Waals surface area contributed by atoms with Crippen LogP contribution in [0.25, 0.3) is 0 Å². The topological polar surface area (TPSA) is 38.3 Å². The zero-order valence-electron chi connectivity index (χ0n) is 5.48. The fourth-order valence-electron chi connectivity index (χ4n) is 0.333. The molecular formula is C5H10ClNO2. The molecule has 0 rings (SSSR count). The smallest absolute Gasteiger partial charge is 0.408 e. The maximum atomic E-state index is 10.4. The maximum Gasteiger partial charge on any atom is 0.408 e. The number of alkyl halides is 1. The Hall–Kier alpha value is -0.440. The van der Waals surface area contributed by atoms with E-state index < -0.39 is 11.7 Å². The molecule has 0 bridgehead atoms. The molecule has 0 aromatic carbocycles. The third-order valence-electron chi connectivity index (χ3n) is 0.591. The molecule has 0 heterocycles. The lowest BCUT2D eigenvalue weighted by Gasteiger charge is -2.04. The summed E-state index contributed by atoms with van der Waals surface area (Å²) in [7, 11) is 0.